The summed E-state index contributed by atoms with van der Waals surface area (Å²) in [5.41, 5.74) is 2.68. The molecule has 4 nitrogen and oxygen atoms in total. The highest BCUT2D eigenvalue weighted by atomic mass is 16.5. The maximum Gasteiger partial charge on any atom is 0.228 e. The number of carbonyl (C=O) groups excluding carboxylic acids is 1. The molecule has 0 spiro atoms. The molecule has 0 aliphatic carbocycles. The highest BCUT2D eigenvalue weighted by Gasteiger charge is 2.01. The molecule has 0 atom stereocenters. The summed E-state index contributed by atoms with van der Waals surface area (Å²) in [7, 11) is 0. The highest BCUT2D eigenvalue weighted by molar-refractivity contribution is 6.04. The minimum absolute atomic E-state index is 0.0496. The van der Waals surface area contributed by atoms with E-state index in [0.29, 0.717) is 11.4 Å². The summed E-state index contributed by atoms with van der Waals surface area (Å²) in [6.45, 7) is 3.92. The van der Waals surface area contributed by atoms with Crippen LogP contribution < -0.4 is 5.32 Å². The van der Waals surface area contributed by atoms with Crippen LogP contribution in [0, 0.1) is 6.92 Å². The molecule has 0 saturated carbocycles. The average molecular weight is 256 g/mol. The van der Waals surface area contributed by atoms with Gasteiger partial charge in [-0.2, -0.15) is 0 Å². The van der Waals surface area contributed by atoms with Crippen LogP contribution in [0.2, 0.25) is 0 Å². The van der Waals surface area contributed by atoms with Crippen LogP contribution in [0.5, 0.6) is 0 Å². The van der Waals surface area contributed by atoms with Crippen LogP contribution in [0.4, 0.5) is 5.88 Å². The summed E-state index contributed by atoms with van der Waals surface area (Å²) in [5, 5.41) is 6.59. The number of rotatable bonds is 5. The SMILES string of the molecule is CCc1ccc(C(=O)C=CNc2cc(C)no2)cc1. The first-order valence-electron chi connectivity index (χ1n) is 6.18. The lowest BCUT2D eigenvalue weighted by Gasteiger charge is -1.98. The van der Waals surface area contributed by atoms with Crippen molar-refractivity contribution in [1.82, 2.24) is 5.16 Å². The van der Waals surface area contributed by atoms with Gasteiger partial charge in [0.1, 0.15) is 0 Å². The summed E-state index contributed by atoms with van der Waals surface area (Å²) in [4.78, 5) is 11.9. The summed E-state index contributed by atoms with van der Waals surface area (Å²) in [6, 6.07) is 9.36. The van der Waals surface area contributed by atoms with E-state index in [9.17, 15) is 4.79 Å². The molecule has 1 aromatic carbocycles. The Morgan fingerprint density at radius 1 is 1.37 bits per heavy atom. The van der Waals surface area contributed by atoms with E-state index in [-0.39, 0.29) is 5.78 Å². The minimum Gasteiger partial charge on any atom is -0.338 e. The van der Waals surface area contributed by atoms with Gasteiger partial charge in [-0.05, 0) is 18.9 Å². The van der Waals surface area contributed by atoms with Crippen LogP contribution in [0.1, 0.15) is 28.5 Å². The van der Waals surface area contributed by atoms with E-state index in [0.717, 1.165) is 12.1 Å². The normalized spacial score (nSPS) is 10.8. The lowest BCUT2D eigenvalue weighted by atomic mass is 10.1. The third kappa shape index (κ3) is 3.55. The second-order valence-electron chi connectivity index (χ2n) is 4.22. The zero-order valence-corrected chi connectivity index (χ0v) is 11.0. The van der Waals surface area contributed by atoms with Crippen LogP contribution >= 0.6 is 0 Å². The molecule has 1 N–H and O–H groups in total. The van der Waals surface area contributed by atoms with E-state index in [2.05, 4.69) is 17.4 Å². The summed E-state index contributed by atoms with van der Waals surface area (Å²) >= 11 is 0. The molecule has 0 aliphatic heterocycles. The van der Waals surface area contributed by atoms with E-state index >= 15 is 0 Å². The molecular formula is C15H16N2O2. The van der Waals surface area contributed by atoms with Crippen LogP contribution in [0.15, 0.2) is 47.1 Å². The number of benzene rings is 1. The number of carbonyl (C=O) groups is 1. The number of anilines is 1. The Balaban J connectivity index is 1.96. The molecule has 0 saturated heterocycles. The molecular weight excluding hydrogens is 240 g/mol. The molecule has 0 fully saturated rings. The maximum absolute atomic E-state index is 11.9. The third-order valence-electron chi connectivity index (χ3n) is 2.73. The predicted molar refractivity (Wildman–Crippen MR) is 74.2 cm³/mol. The van der Waals surface area contributed by atoms with E-state index in [1.807, 2.05) is 31.2 Å². The van der Waals surface area contributed by atoms with Crippen LogP contribution in [0.25, 0.3) is 0 Å². The minimum atomic E-state index is -0.0496. The van der Waals surface area contributed by atoms with Crippen molar-refractivity contribution in [3.05, 3.63) is 59.4 Å². The summed E-state index contributed by atoms with van der Waals surface area (Å²) in [5.74, 6) is 0.467. The maximum atomic E-state index is 11.9. The van der Waals surface area contributed by atoms with Crippen molar-refractivity contribution in [2.24, 2.45) is 0 Å². The summed E-state index contributed by atoms with van der Waals surface area (Å²) in [6.07, 6.45) is 3.99. The second kappa shape index (κ2) is 6.00. The van der Waals surface area contributed by atoms with Gasteiger partial charge in [-0.25, -0.2) is 0 Å². The molecule has 0 bridgehead atoms. The van der Waals surface area contributed by atoms with Gasteiger partial charge in [-0.15, -0.1) is 0 Å². The number of hydrogen-bond acceptors (Lipinski definition) is 4. The van der Waals surface area contributed by atoms with E-state index < -0.39 is 0 Å². The zero-order chi connectivity index (χ0) is 13.7. The fourth-order valence-corrected chi connectivity index (χ4v) is 1.63. The van der Waals surface area contributed by atoms with Gasteiger partial charge >= 0.3 is 0 Å². The topological polar surface area (TPSA) is 55.1 Å². The lowest BCUT2D eigenvalue weighted by Crippen LogP contribution is -1.96. The second-order valence-corrected chi connectivity index (χ2v) is 4.22. The molecule has 4 heteroatoms. The molecule has 2 aromatic rings. The van der Waals surface area contributed by atoms with Crippen molar-refractivity contribution in [3.8, 4) is 0 Å². The molecule has 0 aliphatic rings. The Labute approximate surface area is 112 Å². The van der Waals surface area contributed by atoms with Crippen LogP contribution in [0.3, 0.4) is 0 Å². The number of ketones is 1. The molecule has 0 amide bonds. The van der Waals surface area contributed by atoms with E-state index in [1.165, 1.54) is 11.6 Å². The van der Waals surface area contributed by atoms with Gasteiger partial charge < -0.3 is 9.84 Å². The van der Waals surface area contributed by atoms with Crippen molar-refractivity contribution in [1.29, 1.82) is 0 Å². The number of nitrogens with zero attached hydrogens (tertiary/aromatic N) is 1. The van der Waals surface area contributed by atoms with Crippen molar-refractivity contribution < 1.29 is 9.32 Å². The van der Waals surface area contributed by atoms with Crippen molar-refractivity contribution in [2.75, 3.05) is 5.32 Å². The van der Waals surface area contributed by atoms with Gasteiger partial charge in [0.05, 0.1) is 5.69 Å². The van der Waals surface area contributed by atoms with Gasteiger partial charge in [-0.3, -0.25) is 4.79 Å². The largest absolute Gasteiger partial charge is 0.338 e. The molecule has 0 unspecified atom stereocenters. The Hall–Kier alpha value is -2.36. The lowest BCUT2D eigenvalue weighted by molar-refractivity contribution is 0.104. The number of hydrogen-bond donors (Lipinski definition) is 1. The zero-order valence-electron chi connectivity index (χ0n) is 11.0. The van der Waals surface area contributed by atoms with Crippen molar-refractivity contribution in [2.45, 2.75) is 20.3 Å². The average Bonchev–Trinajstić information content (AvgIpc) is 2.84. The smallest absolute Gasteiger partial charge is 0.228 e. The predicted octanol–water partition coefficient (Wildman–Crippen LogP) is 3.35. The molecule has 98 valence electrons. The Bertz CT molecular complexity index is 582. The number of aryl methyl sites for hydroxylation is 2. The molecule has 0 radical (unpaired) electrons. The Morgan fingerprint density at radius 2 is 2.11 bits per heavy atom. The van der Waals surface area contributed by atoms with Crippen molar-refractivity contribution in [3.63, 3.8) is 0 Å². The molecule has 1 aromatic heterocycles. The van der Waals surface area contributed by atoms with Crippen LogP contribution in [-0.2, 0) is 6.42 Å². The fraction of sp³-hybridized carbons (Fsp3) is 0.200. The third-order valence-corrected chi connectivity index (χ3v) is 2.73. The van der Waals surface area contributed by atoms with Gasteiger partial charge in [0.15, 0.2) is 5.78 Å². The fourth-order valence-electron chi connectivity index (χ4n) is 1.63. The molecule has 19 heavy (non-hydrogen) atoms. The highest BCUT2D eigenvalue weighted by Crippen LogP contribution is 2.09. The van der Waals surface area contributed by atoms with Gasteiger partial charge in [-0.1, -0.05) is 36.3 Å². The van der Waals surface area contributed by atoms with Crippen LogP contribution in [-0.4, -0.2) is 10.9 Å². The van der Waals surface area contributed by atoms with E-state index in [1.54, 1.807) is 12.3 Å². The Morgan fingerprint density at radius 3 is 2.68 bits per heavy atom. The van der Waals surface area contributed by atoms with Gasteiger partial charge in [0.2, 0.25) is 5.88 Å². The first kappa shape index (κ1) is 13.1. The first-order chi connectivity index (χ1) is 9.19. The number of allylic oxidation sites excluding steroid dienone is 1. The number of nitrogens with one attached hydrogen (secondary N) is 1. The van der Waals surface area contributed by atoms with Gasteiger partial charge in [0.25, 0.3) is 0 Å². The Kier molecular flexibility index (Phi) is 4.13. The first-order valence-corrected chi connectivity index (χ1v) is 6.18. The summed E-state index contributed by atoms with van der Waals surface area (Å²) < 4.78 is 4.96. The molecule has 2 rings (SSSR count). The van der Waals surface area contributed by atoms with Gasteiger partial charge in [0, 0.05) is 23.9 Å². The van der Waals surface area contributed by atoms with E-state index in [4.69, 9.17) is 4.52 Å². The standard InChI is InChI=1S/C15H16N2O2/c1-3-12-4-6-13(7-5-12)14(18)8-9-16-15-10-11(2)17-19-15/h4-10,16H,3H2,1-2H3. The monoisotopic (exact) mass is 256 g/mol. The molecule has 1 heterocycles. The van der Waals surface area contributed by atoms with Crippen molar-refractivity contribution >= 4 is 11.7 Å². The number of aromatic nitrogens is 1. The quantitative estimate of drug-likeness (QED) is 0.658.